The number of halogens is 1. The Balaban J connectivity index is 2.62. The minimum atomic E-state index is -0.195. The number of nitrogens with one attached hydrogen (secondary N) is 1. The molecule has 0 heterocycles. The average molecular weight is 211 g/mol. The molecule has 0 saturated heterocycles. The Bertz CT molecular complexity index is 286. The van der Waals surface area contributed by atoms with E-state index in [1.807, 2.05) is 26.1 Å². The van der Waals surface area contributed by atoms with E-state index in [1.165, 1.54) is 12.1 Å². The molecular weight excluding hydrogens is 193 g/mol. The van der Waals surface area contributed by atoms with Crippen molar-refractivity contribution in [2.24, 2.45) is 0 Å². The third-order valence-electron chi connectivity index (χ3n) is 2.68. The number of rotatable bonds is 5. The van der Waals surface area contributed by atoms with Gasteiger partial charge in [0.15, 0.2) is 0 Å². The molecule has 0 aliphatic rings. The molecule has 15 heavy (non-hydrogen) atoms. The first kappa shape index (κ1) is 12.1. The summed E-state index contributed by atoms with van der Waals surface area (Å²) in [5.74, 6) is -0.195. The summed E-state index contributed by atoms with van der Waals surface area (Å²) in [6.45, 7) is 2.02. The fraction of sp³-hybridized carbons (Fsp3) is 0.500. The summed E-state index contributed by atoms with van der Waals surface area (Å²) in [4.78, 5) is 0. The van der Waals surface area contributed by atoms with Gasteiger partial charge in [0.05, 0.1) is 6.10 Å². The van der Waals surface area contributed by atoms with Crippen LogP contribution in [0.4, 0.5) is 4.39 Å². The topological polar surface area (TPSA) is 21.3 Å². The van der Waals surface area contributed by atoms with Crippen molar-refractivity contribution in [2.45, 2.75) is 25.5 Å². The van der Waals surface area contributed by atoms with Crippen LogP contribution in [0.3, 0.4) is 0 Å². The van der Waals surface area contributed by atoms with Crippen LogP contribution in [-0.4, -0.2) is 26.3 Å². The molecule has 0 bridgehead atoms. The van der Waals surface area contributed by atoms with E-state index in [9.17, 15) is 4.39 Å². The van der Waals surface area contributed by atoms with Gasteiger partial charge >= 0.3 is 0 Å². The van der Waals surface area contributed by atoms with Crippen LogP contribution in [0, 0.1) is 5.82 Å². The van der Waals surface area contributed by atoms with Crippen LogP contribution in [0.1, 0.15) is 12.5 Å². The molecule has 0 radical (unpaired) electrons. The minimum Gasteiger partial charge on any atom is -0.380 e. The summed E-state index contributed by atoms with van der Waals surface area (Å²) in [7, 11) is 3.60. The molecule has 1 N–H and O–H groups in total. The fourth-order valence-corrected chi connectivity index (χ4v) is 1.54. The van der Waals surface area contributed by atoms with Gasteiger partial charge in [-0.3, -0.25) is 0 Å². The molecule has 0 saturated carbocycles. The first-order chi connectivity index (χ1) is 7.17. The van der Waals surface area contributed by atoms with Crippen molar-refractivity contribution in [3.8, 4) is 0 Å². The summed E-state index contributed by atoms with van der Waals surface area (Å²) >= 11 is 0. The van der Waals surface area contributed by atoms with Crippen LogP contribution in [0.15, 0.2) is 24.3 Å². The maximum Gasteiger partial charge on any atom is 0.123 e. The van der Waals surface area contributed by atoms with Crippen LogP contribution >= 0.6 is 0 Å². The first-order valence-electron chi connectivity index (χ1n) is 5.12. The Labute approximate surface area is 90.4 Å². The maximum absolute atomic E-state index is 12.7. The van der Waals surface area contributed by atoms with Crippen LogP contribution in [0.2, 0.25) is 0 Å². The van der Waals surface area contributed by atoms with Gasteiger partial charge in [-0.05, 0) is 38.1 Å². The van der Waals surface area contributed by atoms with Gasteiger partial charge < -0.3 is 10.1 Å². The molecule has 0 fully saturated rings. The molecule has 84 valence electrons. The predicted octanol–water partition coefficient (Wildman–Crippen LogP) is 1.99. The molecule has 0 aromatic heterocycles. The third kappa shape index (κ3) is 3.61. The number of methoxy groups -OCH3 is 1. The summed E-state index contributed by atoms with van der Waals surface area (Å²) in [6.07, 6.45) is 0.978. The van der Waals surface area contributed by atoms with Crippen LogP contribution < -0.4 is 5.32 Å². The van der Waals surface area contributed by atoms with Crippen molar-refractivity contribution >= 4 is 0 Å². The van der Waals surface area contributed by atoms with E-state index < -0.39 is 0 Å². The average Bonchev–Trinajstić information content (AvgIpc) is 2.27. The van der Waals surface area contributed by atoms with Crippen LogP contribution in [0.25, 0.3) is 0 Å². The zero-order valence-electron chi connectivity index (χ0n) is 9.46. The fourth-order valence-electron chi connectivity index (χ4n) is 1.54. The van der Waals surface area contributed by atoms with Gasteiger partial charge in [0.1, 0.15) is 5.82 Å². The largest absolute Gasteiger partial charge is 0.380 e. The van der Waals surface area contributed by atoms with Gasteiger partial charge in [-0.15, -0.1) is 0 Å². The molecular formula is C12H18FNO. The molecule has 1 aromatic rings. The number of benzene rings is 1. The van der Waals surface area contributed by atoms with Gasteiger partial charge in [0, 0.05) is 13.2 Å². The van der Waals surface area contributed by atoms with Gasteiger partial charge in [0.25, 0.3) is 0 Å². The maximum atomic E-state index is 12.7. The number of hydrogen-bond acceptors (Lipinski definition) is 2. The number of ether oxygens (including phenoxy) is 1. The van der Waals surface area contributed by atoms with E-state index in [0.717, 1.165) is 12.0 Å². The predicted molar refractivity (Wildman–Crippen MR) is 59.4 cm³/mol. The van der Waals surface area contributed by atoms with Crippen LogP contribution in [-0.2, 0) is 11.2 Å². The summed E-state index contributed by atoms with van der Waals surface area (Å²) < 4.78 is 18.0. The Kier molecular flexibility index (Phi) is 4.72. The molecule has 2 atom stereocenters. The second-order valence-electron chi connectivity index (χ2n) is 3.67. The zero-order chi connectivity index (χ0) is 11.3. The molecule has 0 amide bonds. The monoisotopic (exact) mass is 211 g/mol. The summed E-state index contributed by atoms with van der Waals surface area (Å²) in [5, 5.41) is 3.20. The minimum absolute atomic E-state index is 0.139. The van der Waals surface area contributed by atoms with E-state index >= 15 is 0 Å². The van der Waals surface area contributed by atoms with Crippen molar-refractivity contribution in [3.05, 3.63) is 35.6 Å². The quantitative estimate of drug-likeness (QED) is 0.804. The lowest BCUT2D eigenvalue weighted by molar-refractivity contribution is 0.0857. The van der Waals surface area contributed by atoms with Crippen molar-refractivity contribution in [1.82, 2.24) is 5.32 Å². The van der Waals surface area contributed by atoms with Crippen molar-refractivity contribution in [3.63, 3.8) is 0 Å². The van der Waals surface area contributed by atoms with Crippen LogP contribution in [0.5, 0.6) is 0 Å². The molecule has 1 aromatic carbocycles. The summed E-state index contributed by atoms with van der Waals surface area (Å²) in [6, 6.07) is 6.84. The Hall–Kier alpha value is -0.930. The van der Waals surface area contributed by atoms with E-state index in [-0.39, 0.29) is 18.0 Å². The van der Waals surface area contributed by atoms with E-state index in [1.54, 1.807) is 7.11 Å². The second-order valence-corrected chi connectivity index (χ2v) is 3.67. The van der Waals surface area contributed by atoms with Gasteiger partial charge in [-0.25, -0.2) is 4.39 Å². The molecule has 0 aliphatic carbocycles. The Morgan fingerprint density at radius 2 is 1.93 bits per heavy atom. The Morgan fingerprint density at radius 3 is 2.40 bits per heavy atom. The molecule has 0 aliphatic heterocycles. The van der Waals surface area contributed by atoms with E-state index in [0.29, 0.717) is 0 Å². The third-order valence-corrected chi connectivity index (χ3v) is 2.68. The van der Waals surface area contributed by atoms with Gasteiger partial charge in [-0.1, -0.05) is 12.1 Å². The second kappa shape index (κ2) is 5.83. The highest BCUT2D eigenvalue weighted by Gasteiger charge is 2.14. The lowest BCUT2D eigenvalue weighted by Crippen LogP contribution is -2.38. The highest BCUT2D eigenvalue weighted by atomic mass is 19.1. The van der Waals surface area contributed by atoms with Crippen molar-refractivity contribution in [1.29, 1.82) is 0 Å². The molecule has 1 rings (SSSR count). The lowest BCUT2D eigenvalue weighted by atomic mass is 10.0. The zero-order valence-corrected chi connectivity index (χ0v) is 9.46. The van der Waals surface area contributed by atoms with E-state index in [4.69, 9.17) is 4.74 Å². The molecule has 3 heteroatoms. The van der Waals surface area contributed by atoms with Gasteiger partial charge in [-0.2, -0.15) is 0 Å². The van der Waals surface area contributed by atoms with Crippen molar-refractivity contribution in [2.75, 3.05) is 14.2 Å². The normalized spacial score (nSPS) is 14.9. The van der Waals surface area contributed by atoms with Crippen molar-refractivity contribution < 1.29 is 9.13 Å². The highest BCUT2D eigenvalue weighted by Crippen LogP contribution is 2.09. The number of likely N-dealkylation sites (N-methyl/N-ethyl adjacent to an activating group) is 1. The summed E-state index contributed by atoms with van der Waals surface area (Å²) in [5.41, 5.74) is 1.11. The smallest absolute Gasteiger partial charge is 0.123 e. The SMILES string of the molecule is CNC(Cc1ccc(F)cc1)C(C)OC. The van der Waals surface area contributed by atoms with Gasteiger partial charge in [0.2, 0.25) is 0 Å². The standard InChI is InChI=1S/C12H18FNO/c1-9(15-3)12(14-2)8-10-4-6-11(13)7-5-10/h4-7,9,12,14H,8H2,1-3H3. The first-order valence-corrected chi connectivity index (χ1v) is 5.12. The van der Waals surface area contributed by atoms with E-state index in [2.05, 4.69) is 5.32 Å². The highest BCUT2D eigenvalue weighted by molar-refractivity contribution is 5.17. The number of hydrogen-bond donors (Lipinski definition) is 1. The lowest BCUT2D eigenvalue weighted by Gasteiger charge is -2.22. The molecule has 2 nitrogen and oxygen atoms in total. The molecule has 0 spiro atoms. The Morgan fingerprint density at radius 1 is 1.33 bits per heavy atom. The molecule has 2 unspecified atom stereocenters.